The fraction of sp³-hybridized carbons (Fsp3) is 0.125. The summed E-state index contributed by atoms with van der Waals surface area (Å²) in [6.45, 7) is 8.81. The van der Waals surface area contributed by atoms with Crippen LogP contribution in [0.5, 0.6) is 0 Å². The molecule has 0 radical (unpaired) electrons. The highest BCUT2D eigenvalue weighted by atomic mass is 15.1. The van der Waals surface area contributed by atoms with Crippen LogP contribution < -0.4 is 0 Å². The number of para-hydroxylation sites is 3. The van der Waals surface area contributed by atoms with E-state index in [1.807, 2.05) is 42.5 Å². The summed E-state index contributed by atoms with van der Waals surface area (Å²) in [5.41, 5.74) is 9.32. The van der Waals surface area contributed by atoms with Gasteiger partial charge in [0.2, 0.25) is 0 Å². The molecular formula is C40H31N5. The third kappa shape index (κ3) is 4.07. The standard InChI is InChI=1S/C40H31N5/c1-25-14-8-9-17-28(25)32-22-26(40(2,3)4)23-35(42-32)45-34-21-13-11-19-30(34)37-31(24-41)36-29-18-10-12-20-33(29)44(38(36)43-39(37)45)27-15-6-5-7-16-27/h5-23H,1-4H3. The van der Waals surface area contributed by atoms with Crippen molar-refractivity contribution in [2.75, 3.05) is 0 Å². The van der Waals surface area contributed by atoms with Gasteiger partial charge in [-0.15, -0.1) is 0 Å². The molecule has 5 nitrogen and oxygen atoms in total. The molecule has 0 N–H and O–H groups in total. The predicted molar refractivity (Wildman–Crippen MR) is 184 cm³/mol. The molecule has 8 rings (SSSR count). The van der Waals surface area contributed by atoms with E-state index in [9.17, 15) is 5.26 Å². The predicted octanol–water partition coefficient (Wildman–Crippen LogP) is 9.82. The molecule has 0 aliphatic heterocycles. The molecule has 0 amide bonds. The first kappa shape index (κ1) is 26.9. The molecule has 0 aliphatic carbocycles. The van der Waals surface area contributed by atoms with Crippen molar-refractivity contribution in [2.45, 2.75) is 33.1 Å². The third-order valence-corrected chi connectivity index (χ3v) is 8.87. The summed E-state index contributed by atoms with van der Waals surface area (Å²) in [4.78, 5) is 10.8. The lowest BCUT2D eigenvalue weighted by atomic mass is 9.86. The van der Waals surface area contributed by atoms with Gasteiger partial charge in [-0.2, -0.15) is 5.26 Å². The van der Waals surface area contributed by atoms with Crippen molar-refractivity contribution in [3.05, 3.63) is 132 Å². The van der Waals surface area contributed by atoms with Gasteiger partial charge in [0.1, 0.15) is 17.5 Å². The van der Waals surface area contributed by atoms with E-state index < -0.39 is 0 Å². The number of rotatable bonds is 3. The molecule has 4 heterocycles. The molecular weight excluding hydrogens is 550 g/mol. The van der Waals surface area contributed by atoms with Crippen LogP contribution in [-0.4, -0.2) is 19.1 Å². The van der Waals surface area contributed by atoms with E-state index in [0.717, 1.165) is 66.6 Å². The van der Waals surface area contributed by atoms with Gasteiger partial charge in [-0.3, -0.25) is 9.13 Å². The zero-order chi connectivity index (χ0) is 30.9. The Morgan fingerprint density at radius 1 is 0.644 bits per heavy atom. The summed E-state index contributed by atoms with van der Waals surface area (Å²) in [6, 6.07) is 42.2. The minimum atomic E-state index is -0.119. The van der Waals surface area contributed by atoms with Crippen LogP contribution in [0.1, 0.15) is 37.5 Å². The Hall–Kier alpha value is -5.73. The molecule has 0 aliphatic rings. The lowest BCUT2D eigenvalue weighted by Gasteiger charge is -2.22. The van der Waals surface area contributed by atoms with E-state index >= 15 is 0 Å². The number of aromatic nitrogens is 4. The Labute approximate surface area is 261 Å². The molecule has 4 aromatic heterocycles. The lowest BCUT2D eigenvalue weighted by Crippen LogP contribution is -2.13. The maximum Gasteiger partial charge on any atom is 0.150 e. The Morgan fingerprint density at radius 3 is 1.87 bits per heavy atom. The zero-order valence-corrected chi connectivity index (χ0v) is 25.7. The molecule has 0 saturated heterocycles. The number of aryl methyl sites for hydroxylation is 1. The number of hydrogen-bond donors (Lipinski definition) is 0. The largest absolute Gasteiger partial charge is 0.294 e. The van der Waals surface area contributed by atoms with Crippen LogP contribution in [-0.2, 0) is 5.41 Å². The number of pyridine rings is 2. The summed E-state index contributed by atoms with van der Waals surface area (Å²) in [5, 5.41) is 14.6. The zero-order valence-electron chi connectivity index (χ0n) is 25.7. The summed E-state index contributed by atoms with van der Waals surface area (Å²) in [6.07, 6.45) is 0. The first-order valence-electron chi connectivity index (χ1n) is 15.3. The number of hydrogen-bond acceptors (Lipinski definition) is 3. The molecule has 0 atom stereocenters. The van der Waals surface area contributed by atoms with Crippen molar-refractivity contribution < 1.29 is 0 Å². The average Bonchev–Trinajstić information content (AvgIpc) is 3.56. The van der Waals surface area contributed by atoms with Gasteiger partial charge in [-0.1, -0.05) is 99.6 Å². The van der Waals surface area contributed by atoms with Crippen LogP contribution >= 0.6 is 0 Å². The van der Waals surface area contributed by atoms with Gasteiger partial charge in [0.05, 0.1) is 22.3 Å². The molecule has 5 heteroatoms. The molecule has 0 spiro atoms. The minimum absolute atomic E-state index is 0.119. The summed E-state index contributed by atoms with van der Waals surface area (Å²) in [5.74, 6) is 0.782. The van der Waals surface area contributed by atoms with E-state index in [-0.39, 0.29) is 5.41 Å². The van der Waals surface area contributed by atoms with Crippen molar-refractivity contribution in [1.29, 1.82) is 5.26 Å². The van der Waals surface area contributed by atoms with Crippen molar-refractivity contribution >= 4 is 43.9 Å². The van der Waals surface area contributed by atoms with Gasteiger partial charge in [0.25, 0.3) is 0 Å². The minimum Gasteiger partial charge on any atom is -0.294 e. The molecule has 0 unspecified atom stereocenters. The monoisotopic (exact) mass is 581 g/mol. The topological polar surface area (TPSA) is 59.4 Å². The van der Waals surface area contributed by atoms with Gasteiger partial charge < -0.3 is 0 Å². The quantitative estimate of drug-likeness (QED) is 0.209. The summed E-state index contributed by atoms with van der Waals surface area (Å²) in [7, 11) is 0. The van der Waals surface area contributed by atoms with Gasteiger partial charge >= 0.3 is 0 Å². The van der Waals surface area contributed by atoms with Crippen molar-refractivity contribution in [1.82, 2.24) is 19.1 Å². The Bertz CT molecular complexity index is 2480. The van der Waals surface area contributed by atoms with Crippen molar-refractivity contribution in [3.8, 4) is 28.8 Å². The van der Waals surface area contributed by atoms with Crippen LogP contribution in [0.25, 0.3) is 66.6 Å². The fourth-order valence-corrected chi connectivity index (χ4v) is 6.63. The molecule has 216 valence electrons. The molecule has 8 aromatic rings. The van der Waals surface area contributed by atoms with Gasteiger partial charge in [0.15, 0.2) is 5.65 Å². The molecule has 45 heavy (non-hydrogen) atoms. The first-order valence-corrected chi connectivity index (χ1v) is 15.3. The maximum atomic E-state index is 10.9. The van der Waals surface area contributed by atoms with E-state index in [0.29, 0.717) is 5.56 Å². The van der Waals surface area contributed by atoms with E-state index in [1.165, 1.54) is 11.1 Å². The molecule has 0 saturated carbocycles. The SMILES string of the molecule is Cc1ccccc1-c1cc(C(C)(C)C)cc(-n2c3ccccc3c3c(C#N)c4c5ccccc5n(-c5ccccc5)c4nc32)n1. The van der Waals surface area contributed by atoms with Gasteiger partial charge in [-0.05, 0) is 59.9 Å². The fourth-order valence-electron chi connectivity index (χ4n) is 6.63. The average molecular weight is 582 g/mol. The van der Waals surface area contributed by atoms with Crippen molar-refractivity contribution in [2.24, 2.45) is 0 Å². The highest BCUT2D eigenvalue weighted by Crippen LogP contribution is 2.41. The van der Waals surface area contributed by atoms with Gasteiger partial charge in [-0.25, -0.2) is 9.97 Å². The Morgan fingerprint density at radius 2 is 1.22 bits per heavy atom. The number of fused-ring (bicyclic) bond motifs is 6. The second-order valence-electron chi connectivity index (χ2n) is 12.7. The second-order valence-corrected chi connectivity index (χ2v) is 12.7. The van der Waals surface area contributed by atoms with E-state index in [4.69, 9.17) is 9.97 Å². The van der Waals surface area contributed by atoms with Crippen LogP contribution in [0, 0.1) is 18.3 Å². The molecule has 4 aromatic carbocycles. The van der Waals surface area contributed by atoms with Crippen LogP contribution in [0.15, 0.2) is 115 Å². The Balaban J connectivity index is 1.57. The van der Waals surface area contributed by atoms with Crippen molar-refractivity contribution in [3.63, 3.8) is 0 Å². The molecule has 0 bridgehead atoms. The van der Waals surface area contributed by atoms with Crippen LogP contribution in [0.2, 0.25) is 0 Å². The Kier molecular flexibility index (Phi) is 5.91. The summed E-state index contributed by atoms with van der Waals surface area (Å²) < 4.78 is 4.32. The number of nitrogens with zero attached hydrogens (tertiary/aromatic N) is 5. The normalized spacial score (nSPS) is 12.0. The number of nitriles is 1. The molecule has 0 fully saturated rings. The third-order valence-electron chi connectivity index (χ3n) is 8.87. The second kappa shape index (κ2) is 9.90. The number of benzene rings is 4. The maximum absolute atomic E-state index is 10.9. The van der Waals surface area contributed by atoms with Crippen LogP contribution in [0.3, 0.4) is 0 Å². The highest BCUT2D eigenvalue weighted by molar-refractivity contribution is 6.20. The van der Waals surface area contributed by atoms with Gasteiger partial charge in [0, 0.05) is 32.8 Å². The smallest absolute Gasteiger partial charge is 0.150 e. The van der Waals surface area contributed by atoms with E-state index in [1.54, 1.807) is 0 Å². The highest BCUT2D eigenvalue weighted by Gasteiger charge is 2.26. The summed E-state index contributed by atoms with van der Waals surface area (Å²) >= 11 is 0. The first-order chi connectivity index (χ1) is 21.8. The van der Waals surface area contributed by atoms with E-state index in [2.05, 4.69) is 116 Å². The van der Waals surface area contributed by atoms with Crippen LogP contribution in [0.4, 0.5) is 0 Å². The lowest BCUT2D eigenvalue weighted by molar-refractivity contribution is 0.589.